The highest BCUT2D eigenvalue weighted by Crippen LogP contribution is 2.17. The first-order valence-electron chi connectivity index (χ1n) is 6.91. The van der Waals surface area contributed by atoms with Gasteiger partial charge in [0.25, 0.3) is 0 Å². The van der Waals surface area contributed by atoms with E-state index in [0.29, 0.717) is 0 Å². The van der Waals surface area contributed by atoms with Gasteiger partial charge in [-0.15, -0.1) is 0 Å². The van der Waals surface area contributed by atoms with Gasteiger partial charge in [-0.05, 0) is 29.8 Å². The highest BCUT2D eigenvalue weighted by Gasteiger charge is 2.15. The Hall–Kier alpha value is -1.77. The maximum atomic E-state index is 14.1. The van der Waals surface area contributed by atoms with E-state index in [2.05, 4.69) is 20.7 Å². The van der Waals surface area contributed by atoms with Crippen LogP contribution in [-0.4, -0.2) is 25.8 Å². The minimum Gasteiger partial charge on any atom is -0.465 e. The van der Waals surface area contributed by atoms with Gasteiger partial charge in [-0.25, -0.2) is 17.6 Å². The zero-order valence-electron chi connectivity index (χ0n) is 12.7. The molecule has 0 saturated heterocycles. The van der Waals surface area contributed by atoms with E-state index < -0.39 is 22.7 Å². The van der Waals surface area contributed by atoms with Crippen LogP contribution in [0.4, 0.5) is 4.39 Å². The van der Waals surface area contributed by atoms with Gasteiger partial charge in [0.1, 0.15) is 5.82 Å². The third-order valence-corrected chi connectivity index (χ3v) is 4.55. The molecule has 24 heavy (non-hydrogen) atoms. The summed E-state index contributed by atoms with van der Waals surface area (Å²) in [4.78, 5) is 11.4. The van der Waals surface area contributed by atoms with E-state index in [0.717, 1.165) is 20.4 Å². The van der Waals surface area contributed by atoms with E-state index in [4.69, 9.17) is 0 Å². The summed E-state index contributed by atoms with van der Waals surface area (Å²) in [5.41, 5.74) is 1.02. The summed E-state index contributed by atoms with van der Waals surface area (Å²) in [5.74, 6) is -1.31. The van der Waals surface area contributed by atoms with Crippen molar-refractivity contribution in [3.8, 4) is 0 Å². The highest BCUT2D eigenvalue weighted by molar-refractivity contribution is 9.10. The number of halogens is 2. The lowest BCUT2D eigenvalue weighted by atomic mass is 10.1. The van der Waals surface area contributed by atoms with Crippen LogP contribution in [0.15, 0.2) is 46.9 Å². The molecule has 0 atom stereocenters. The monoisotopic (exact) mass is 415 g/mol. The first kappa shape index (κ1) is 18.6. The van der Waals surface area contributed by atoms with Crippen molar-refractivity contribution in [2.45, 2.75) is 13.1 Å². The minimum atomic E-state index is -2.90. The van der Waals surface area contributed by atoms with E-state index in [1.165, 1.54) is 19.2 Å². The van der Waals surface area contributed by atoms with Gasteiger partial charge in [-0.2, -0.15) is 4.31 Å². The van der Waals surface area contributed by atoms with Crippen LogP contribution >= 0.6 is 15.9 Å². The van der Waals surface area contributed by atoms with Crippen molar-refractivity contribution in [1.29, 1.82) is 0 Å². The Morgan fingerprint density at radius 2 is 1.96 bits per heavy atom. The van der Waals surface area contributed by atoms with Crippen LogP contribution in [0.3, 0.4) is 0 Å². The Bertz CT molecular complexity index is 817. The minimum absolute atomic E-state index is 0.0730. The van der Waals surface area contributed by atoms with Crippen LogP contribution in [0.2, 0.25) is 0 Å². The molecule has 0 unspecified atom stereocenters. The fraction of sp³-hybridized carbons (Fsp3) is 0.188. The number of hydrogen-bond donors (Lipinski definition) is 1. The van der Waals surface area contributed by atoms with Gasteiger partial charge in [-0.3, -0.25) is 0 Å². The van der Waals surface area contributed by atoms with Crippen LogP contribution in [0.1, 0.15) is 21.5 Å². The van der Waals surface area contributed by atoms with Crippen molar-refractivity contribution in [2.24, 2.45) is 0 Å². The van der Waals surface area contributed by atoms with Crippen molar-refractivity contribution in [2.75, 3.05) is 7.11 Å². The second-order valence-electron chi connectivity index (χ2n) is 4.99. The third kappa shape index (κ3) is 4.86. The van der Waals surface area contributed by atoms with Gasteiger partial charge in [-0.1, -0.05) is 34.1 Å². The molecule has 0 heterocycles. The molecule has 0 aliphatic carbocycles. The molecule has 2 aromatic carbocycles. The molecule has 2 aromatic rings. The number of rotatable bonds is 6. The lowest BCUT2D eigenvalue weighted by molar-refractivity contribution is 0.0600. The molecule has 0 aliphatic rings. The Kier molecular flexibility index (Phi) is 6.47. The zero-order valence-corrected chi connectivity index (χ0v) is 15.2. The summed E-state index contributed by atoms with van der Waals surface area (Å²) in [6.45, 7) is -0.00512. The summed E-state index contributed by atoms with van der Waals surface area (Å²) in [6.07, 6.45) is 0. The van der Waals surface area contributed by atoms with Crippen molar-refractivity contribution in [3.63, 3.8) is 0 Å². The number of thiol groups is 1. The smallest absolute Gasteiger partial charge is 0.337 e. The fourth-order valence-corrected chi connectivity index (χ4v) is 3.13. The summed E-state index contributed by atoms with van der Waals surface area (Å²) in [6, 6.07) is 11.0. The molecule has 8 heteroatoms. The first-order valence-corrected chi connectivity index (χ1v) is 8.83. The van der Waals surface area contributed by atoms with Crippen molar-refractivity contribution >= 4 is 32.8 Å². The predicted octanol–water partition coefficient (Wildman–Crippen LogP) is 2.90. The SMILES string of the molecule is COC(=O)c1ccc(CN(Cc2cccc(Br)c2)[SH](=O)=O)c(F)c1. The van der Waals surface area contributed by atoms with Gasteiger partial charge < -0.3 is 4.74 Å². The molecule has 0 aromatic heterocycles. The van der Waals surface area contributed by atoms with E-state index in [-0.39, 0.29) is 24.2 Å². The molecular formula is C16H15BrFNO4S. The van der Waals surface area contributed by atoms with Crippen molar-refractivity contribution in [1.82, 2.24) is 4.31 Å². The second-order valence-corrected chi connectivity index (χ2v) is 6.95. The largest absolute Gasteiger partial charge is 0.465 e. The van der Waals surface area contributed by atoms with Crippen LogP contribution in [0, 0.1) is 5.82 Å². The molecule has 0 amide bonds. The molecule has 0 radical (unpaired) electrons. The maximum absolute atomic E-state index is 14.1. The van der Waals surface area contributed by atoms with Gasteiger partial charge >= 0.3 is 5.97 Å². The highest BCUT2D eigenvalue weighted by atomic mass is 79.9. The number of methoxy groups -OCH3 is 1. The normalized spacial score (nSPS) is 11.0. The quantitative estimate of drug-likeness (QED) is 0.581. The fourth-order valence-electron chi connectivity index (χ4n) is 2.13. The molecular weight excluding hydrogens is 401 g/mol. The Balaban J connectivity index is 2.20. The Labute approximate surface area is 149 Å². The van der Waals surface area contributed by atoms with E-state index in [1.807, 2.05) is 6.07 Å². The first-order chi connectivity index (χ1) is 11.4. The van der Waals surface area contributed by atoms with Gasteiger partial charge in [0.15, 0.2) is 0 Å². The average Bonchev–Trinajstić information content (AvgIpc) is 2.55. The van der Waals surface area contributed by atoms with Gasteiger partial charge in [0, 0.05) is 23.1 Å². The number of carbonyl (C=O) groups is 1. The number of benzene rings is 2. The standard InChI is InChI=1S/C16H15BrFNO4S/c1-23-16(20)12-5-6-13(15(18)8-12)10-19(24(21)22)9-11-3-2-4-14(17)7-11/h2-8,24H,9-10H2,1H3. The number of ether oxygens (including phenoxy) is 1. The van der Waals surface area contributed by atoms with Gasteiger partial charge in [0.05, 0.1) is 12.7 Å². The number of nitrogens with zero attached hydrogens (tertiary/aromatic N) is 1. The summed E-state index contributed by atoms with van der Waals surface area (Å²) >= 11 is 3.32. The molecule has 0 N–H and O–H groups in total. The van der Waals surface area contributed by atoms with Crippen LogP contribution < -0.4 is 0 Å². The molecule has 0 spiro atoms. The summed E-state index contributed by atoms with van der Waals surface area (Å²) in [5, 5.41) is 0. The summed E-state index contributed by atoms with van der Waals surface area (Å²) in [7, 11) is -1.69. The zero-order chi connectivity index (χ0) is 17.7. The predicted molar refractivity (Wildman–Crippen MR) is 91.4 cm³/mol. The number of carbonyl (C=O) groups excluding carboxylic acids is 1. The van der Waals surface area contributed by atoms with Crippen LogP contribution in [0.5, 0.6) is 0 Å². The van der Waals surface area contributed by atoms with Crippen molar-refractivity contribution in [3.05, 3.63) is 69.4 Å². The average molecular weight is 416 g/mol. The molecule has 0 saturated carbocycles. The summed E-state index contributed by atoms with van der Waals surface area (Å²) < 4.78 is 43.6. The second kappa shape index (κ2) is 8.36. The van der Waals surface area contributed by atoms with Crippen LogP contribution in [-0.2, 0) is 28.7 Å². The Morgan fingerprint density at radius 3 is 2.54 bits per heavy atom. The van der Waals surface area contributed by atoms with Crippen molar-refractivity contribution < 1.29 is 22.3 Å². The maximum Gasteiger partial charge on any atom is 0.337 e. The Morgan fingerprint density at radius 1 is 1.21 bits per heavy atom. The number of esters is 1. The lowest BCUT2D eigenvalue weighted by Crippen LogP contribution is -2.21. The molecule has 2 rings (SSSR count). The lowest BCUT2D eigenvalue weighted by Gasteiger charge is -2.16. The molecule has 5 nitrogen and oxygen atoms in total. The number of hydrogen-bond acceptors (Lipinski definition) is 4. The molecule has 0 fully saturated rings. The third-order valence-electron chi connectivity index (χ3n) is 3.31. The van der Waals surface area contributed by atoms with Crippen LogP contribution in [0.25, 0.3) is 0 Å². The molecule has 0 aliphatic heterocycles. The van der Waals surface area contributed by atoms with E-state index in [1.54, 1.807) is 18.2 Å². The van der Waals surface area contributed by atoms with Gasteiger partial charge in [0.2, 0.25) is 10.9 Å². The molecule has 128 valence electrons. The van der Waals surface area contributed by atoms with E-state index in [9.17, 15) is 17.6 Å². The molecule has 0 bridgehead atoms. The van der Waals surface area contributed by atoms with E-state index >= 15 is 0 Å². The topological polar surface area (TPSA) is 63.7 Å².